The predicted molar refractivity (Wildman–Crippen MR) is 108 cm³/mol. The SMILES string of the molecule is C.C=CC(=O)Nc1ccc2ccn(-c3cncc(N(C)C(C)C)n3)c2c1. The lowest BCUT2D eigenvalue weighted by molar-refractivity contribution is -0.111. The van der Waals surface area contributed by atoms with Crippen LogP contribution in [0.1, 0.15) is 21.3 Å². The Labute approximate surface area is 154 Å². The number of anilines is 2. The highest BCUT2D eigenvalue weighted by Crippen LogP contribution is 2.24. The fourth-order valence-electron chi connectivity index (χ4n) is 2.50. The second-order valence-corrected chi connectivity index (χ2v) is 6.09. The smallest absolute Gasteiger partial charge is 0.247 e. The third kappa shape index (κ3) is 3.74. The molecule has 0 atom stereocenters. The van der Waals surface area contributed by atoms with Crippen LogP contribution < -0.4 is 10.2 Å². The van der Waals surface area contributed by atoms with Crippen LogP contribution in [0.3, 0.4) is 0 Å². The molecule has 0 aliphatic rings. The van der Waals surface area contributed by atoms with Gasteiger partial charge in [0.25, 0.3) is 0 Å². The first-order chi connectivity index (χ1) is 12.0. The topological polar surface area (TPSA) is 63.1 Å². The van der Waals surface area contributed by atoms with Crippen molar-refractivity contribution in [1.29, 1.82) is 0 Å². The maximum absolute atomic E-state index is 11.5. The van der Waals surface area contributed by atoms with E-state index in [1.54, 1.807) is 12.4 Å². The molecule has 1 N–H and O–H groups in total. The number of fused-ring (bicyclic) bond motifs is 1. The van der Waals surface area contributed by atoms with Crippen molar-refractivity contribution in [3.8, 4) is 5.82 Å². The van der Waals surface area contributed by atoms with Gasteiger partial charge in [0.15, 0.2) is 5.82 Å². The summed E-state index contributed by atoms with van der Waals surface area (Å²) in [4.78, 5) is 22.6. The van der Waals surface area contributed by atoms with Crippen LogP contribution in [0, 0.1) is 0 Å². The van der Waals surface area contributed by atoms with Gasteiger partial charge in [-0.05, 0) is 38.1 Å². The number of benzene rings is 1. The van der Waals surface area contributed by atoms with Crippen LogP contribution in [0.2, 0.25) is 0 Å². The lowest BCUT2D eigenvalue weighted by Crippen LogP contribution is -2.26. The quantitative estimate of drug-likeness (QED) is 0.705. The molecule has 0 unspecified atom stereocenters. The summed E-state index contributed by atoms with van der Waals surface area (Å²) in [7, 11) is 2.00. The number of nitrogens with zero attached hydrogens (tertiary/aromatic N) is 4. The Hall–Kier alpha value is -3.15. The Morgan fingerprint density at radius 3 is 2.77 bits per heavy atom. The second-order valence-electron chi connectivity index (χ2n) is 6.09. The maximum Gasteiger partial charge on any atom is 0.247 e. The molecular weight excluding hydrogens is 326 g/mol. The number of hydrogen-bond acceptors (Lipinski definition) is 4. The number of nitrogens with one attached hydrogen (secondary N) is 1. The molecule has 0 saturated carbocycles. The van der Waals surface area contributed by atoms with Crippen molar-refractivity contribution in [1.82, 2.24) is 14.5 Å². The zero-order chi connectivity index (χ0) is 18.0. The summed E-state index contributed by atoms with van der Waals surface area (Å²) in [5.74, 6) is 1.30. The molecule has 2 aromatic heterocycles. The van der Waals surface area contributed by atoms with Gasteiger partial charge >= 0.3 is 0 Å². The summed E-state index contributed by atoms with van der Waals surface area (Å²) in [6.45, 7) is 7.68. The zero-order valence-corrected chi connectivity index (χ0v) is 14.6. The van der Waals surface area contributed by atoms with Crippen molar-refractivity contribution >= 4 is 28.3 Å². The van der Waals surface area contributed by atoms with E-state index in [9.17, 15) is 4.79 Å². The first-order valence-electron chi connectivity index (χ1n) is 8.09. The van der Waals surface area contributed by atoms with Crippen molar-refractivity contribution in [2.24, 2.45) is 0 Å². The molecule has 0 saturated heterocycles. The average molecular weight is 351 g/mol. The van der Waals surface area contributed by atoms with Crippen molar-refractivity contribution in [2.75, 3.05) is 17.3 Å². The van der Waals surface area contributed by atoms with Gasteiger partial charge in [0.2, 0.25) is 5.91 Å². The van der Waals surface area contributed by atoms with E-state index in [2.05, 4.69) is 35.6 Å². The summed E-state index contributed by atoms with van der Waals surface area (Å²) in [5, 5.41) is 3.84. The van der Waals surface area contributed by atoms with Gasteiger partial charge in [-0.3, -0.25) is 14.3 Å². The standard InChI is InChI=1S/C19H21N5O.CH4/c1-5-19(25)21-15-7-6-14-8-9-24(16(14)10-15)18-12-20-11-17(22-18)23(4)13(2)3;/h5-13H,1H2,2-4H3,(H,21,25);1H4. The van der Waals surface area contributed by atoms with E-state index >= 15 is 0 Å². The number of carbonyl (C=O) groups is 1. The van der Waals surface area contributed by atoms with Crippen LogP contribution in [0.4, 0.5) is 11.5 Å². The molecule has 0 aliphatic heterocycles. The molecule has 1 amide bonds. The number of hydrogen-bond donors (Lipinski definition) is 1. The third-order valence-corrected chi connectivity index (χ3v) is 4.14. The minimum atomic E-state index is -0.238. The Balaban J connectivity index is 0.00000243. The number of carbonyl (C=O) groups excluding carboxylic acids is 1. The Morgan fingerprint density at radius 2 is 2.08 bits per heavy atom. The Morgan fingerprint density at radius 1 is 1.31 bits per heavy atom. The summed E-state index contributed by atoms with van der Waals surface area (Å²) in [6.07, 6.45) is 6.68. The Bertz CT molecular complexity index is 929. The number of rotatable bonds is 5. The van der Waals surface area contributed by atoms with Gasteiger partial charge in [-0.2, -0.15) is 0 Å². The molecule has 26 heavy (non-hydrogen) atoms. The van der Waals surface area contributed by atoms with Crippen molar-refractivity contribution in [2.45, 2.75) is 27.3 Å². The third-order valence-electron chi connectivity index (χ3n) is 4.14. The first-order valence-corrected chi connectivity index (χ1v) is 8.09. The molecule has 0 bridgehead atoms. The van der Waals surface area contributed by atoms with Gasteiger partial charge in [0, 0.05) is 30.4 Å². The van der Waals surface area contributed by atoms with E-state index in [0.717, 1.165) is 22.5 Å². The van der Waals surface area contributed by atoms with E-state index in [0.29, 0.717) is 11.7 Å². The largest absolute Gasteiger partial charge is 0.356 e. The highest BCUT2D eigenvalue weighted by molar-refractivity contribution is 6.00. The molecule has 136 valence electrons. The summed E-state index contributed by atoms with van der Waals surface area (Å²) in [6, 6.07) is 8.07. The lowest BCUT2D eigenvalue weighted by atomic mass is 10.2. The summed E-state index contributed by atoms with van der Waals surface area (Å²) >= 11 is 0. The van der Waals surface area contributed by atoms with Crippen molar-refractivity contribution < 1.29 is 4.79 Å². The predicted octanol–water partition coefficient (Wildman–Crippen LogP) is 4.03. The molecule has 6 nitrogen and oxygen atoms in total. The molecule has 1 aromatic carbocycles. The van der Waals surface area contributed by atoms with Gasteiger partial charge in [0.05, 0.1) is 17.9 Å². The van der Waals surface area contributed by atoms with Crippen LogP contribution in [0.15, 0.2) is 55.5 Å². The molecular formula is C20H25N5O. The molecule has 3 rings (SSSR count). The van der Waals surface area contributed by atoms with Crippen LogP contribution in [0.25, 0.3) is 16.7 Å². The van der Waals surface area contributed by atoms with E-state index < -0.39 is 0 Å². The summed E-state index contributed by atoms with van der Waals surface area (Å²) in [5.41, 5.74) is 1.65. The maximum atomic E-state index is 11.5. The van der Waals surface area contributed by atoms with Crippen LogP contribution >= 0.6 is 0 Å². The Kier molecular flexibility index (Phi) is 5.77. The van der Waals surface area contributed by atoms with Gasteiger partial charge in [-0.25, -0.2) is 4.98 Å². The van der Waals surface area contributed by atoms with E-state index in [4.69, 9.17) is 4.98 Å². The minimum Gasteiger partial charge on any atom is -0.356 e. The highest BCUT2D eigenvalue weighted by atomic mass is 16.1. The van der Waals surface area contributed by atoms with Gasteiger partial charge in [-0.1, -0.05) is 20.1 Å². The monoisotopic (exact) mass is 351 g/mol. The minimum absolute atomic E-state index is 0. The van der Waals surface area contributed by atoms with E-state index in [1.807, 2.05) is 42.1 Å². The molecule has 0 aliphatic carbocycles. The van der Waals surface area contributed by atoms with Crippen LogP contribution in [-0.4, -0.2) is 33.5 Å². The van der Waals surface area contributed by atoms with Crippen LogP contribution in [0.5, 0.6) is 0 Å². The van der Waals surface area contributed by atoms with Crippen molar-refractivity contribution in [3.05, 3.63) is 55.5 Å². The molecule has 2 heterocycles. The van der Waals surface area contributed by atoms with Gasteiger partial charge < -0.3 is 10.2 Å². The molecule has 3 aromatic rings. The molecule has 0 radical (unpaired) electrons. The van der Waals surface area contributed by atoms with E-state index in [1.165, 1.54) is 6.08 Å². The zero-order valence-electron chi connectivity index (χ0n) is 14.6. The normalized spacial score (nSPS) is 10.5. The van der Waals surface area contributed by atoms with Crippen LogP contribution in [-0.2, 0) is 4.79 Å². The van der Waals surface area contributed by atoms with E-state index in [-0.39, 0.29) is 13.3 Å². The highest BCUT2D eigenvalue weighted by Gasteiger charge is 2.11. The fraction of sp³-hybridized carbons (Fsp3) is 0.250. The second kappa shape index (κ2) is 7.82. The van der Waals surface area contributed by atoms with Gasteiger partial charge in [-0.15, -0.1) is 0 Å². The number of aromatic nitrogens is 3. The molecule has 0 spiro atoms. The first kappa shape index (κ1) is 19.2. The summed E-state index contributed by atoms with van der Waals surface area (Å²) < 4.78 is 1.96. The fourth-order valence-corrected chi connectivity index (χ4v) is 2.50. The average Bonchev–Trinajstić information content (AvgIpc) is 3.04. The molecule has 6 heteroatoms. The molecule has 0 fully saturated rings. The van der Waals surface area contributed by atoms with Crippen molar-refractivity contribution in [3.63, 3.8) is 0 Å². The number of amides is 1. The lowest BCUT2D eigenvalue weighted by Gasteiger charge is -2.22. The van der Waals surface area contributed by atoms with Gasteiger partial charge in [0.1, 0.15) is 5.82 Å².